The molecule has 0 heterocycles. The van der Waals surface area contributed by atoms with Crippen LogP contribution in [0.3, 0.4) is 0 Å². The minimum absolute atomic E-state index is 0.00692. The van der Waals surface area contributed by atoms with Crippen LogP contribution < -0.4 is 0 Å². The Bertz CT molecular complexity index is 381. The summed E-state index contributed by atoms with van der Waals surface area (Å²) in [6.07, 6.45) is 1.09. The fourth-order valence-corrected chi connectivity index (χ4v) is 1.90. The lowest BCUT2D eigenvalue weighted by molar-refractivity contribution is -0.131. The highest BCUT2D eigenvalue weighted by atomic mass is 35.5. The van der Waals surface area contributed by atoms with Gasteiger partial charge in [0.15, 0.2) is 0 Å². The number of hydrogen-bond donors (Lipinski definition) is 1. The summed E-state index contributed by atoms with van der Waals surface area (Å²) in [5.41, 5.74) is 0.920. The predicted molar refractivity (Wildman–Crippen MR) is 75.3 cm³/mol. The van der Waals surface area contributed by atoms with Crippen LogP contribution in [0.4, 0.5) is 0 Å². The van der Waals surface area contributed by atoms with Gasteiger partial charge >= 0.3 is 0 Å². The molecule has 0 saturated heterocycles. The normalized spacial score (nSPS) is 10.5. The first-order valence-corrected chi connectivity index (χ1v) is 6.67. The highest BCUT2D eigenvalue weighted by Gasteiger charge is 2.13. The van der Waals surface area contributed by atoms with Gasteiger partial charge in [-0.05, 0) is 24.1 Å². The van der Waals surface area contributed by atoms with Gasteiger partial charge in [-0.2, -0.15) is 0 Å². The molecular weight excluding hydrogens is 266 g/mol. The summed E-state index contributed by atoms with van der Waals surface area (Å²) in [5, 5.41) is 9.66. The lowest BCUT2D eigenvalue weighted by Gasteiger charge is -2.21. The van der Waals surface area contributed by atoms with Crippen LogP contribution in [0.25, 0.3) is 0 Å². The Morgan fingerprint density at radius 2 is 2.00 bits per heavy atom. The molecule has 5 heteroatoms. The smallest absolute Gasteiger partial charge is 0.227 e. The maximum absolute atomic E-state index is 12.1. The summed E-state index contributed by atoms with van der Waals surface area (Å²) in [5.74, 6) is 0.00692. The Morgan fingerprint density at radius 3 is 2.58 bits per heavy atom. The second-order valence-corrected chi connectivity index (χ2v) is 4.69. The SMILES string of the molecule is COCCCN(CCO)C(=O)Cc1ccc(Cl)cc1. The lowest BCUT2D eigenvalue weighted by atomic mass is 10.1. The van der Waals surface area contributed by atoms with Crippen LogP contribution in [-0.2, 0) is 16.0 Å². The van der Waals surface area contributed by atoms with Crippen LogP contribution >= 0.6 is 11.6 Å². The van der Waals surface area contributed by atoms with Gasteiger partial charge in [0.05, 0.1) is 13.0 Å². The number of methoxy groups -OCH3 is 1. The van der Waals surface area contributed by atoms with Crippen molar-refractivity contribution in [3.63, 3.8) is 0 Å². The molecule has 1 aromatic rings. The van der Waals surface area contributed by atoms with Gasteiger partial charge in [0.25, 0.3) is 0 Å². The summed E-state index contributed by atoms with van der Waals surface area (Å²) in [6, 6.07) is 7.22. The number of carbonyl (C=O) groups is 1. The predicted octanol–water partition coefficient (Wildman–Crippen LogP) is 1.74. The molecule has 0 aliphatic carbocycles. The number of amides is 1. The van der Waals surface area contributed by atoms with Crippen LogP contribution in [-0.4, -0.2) is 49.3 Å². The minimum Gasteiger partial charge on any atom is -0.395 e. The van der Waals surface area contributed by atoms with Crippen molar-refractivity contribution in [2.75, 3.05) is 33.4 Å². The molecule has 0 atom stereocenters. The van der Waals surface area contributed by atoms with Gasteiger partial charge in [0.1, 0.15) is 0 Å². The van der Waals surface area contributed by atoms with Crippen LogP contribution in [0.15, 0.2) is 24.3 Å². The van der Waals surface area contributed by atoms with E-state index in [1.807, 2.05) is 12.1 Å². The molecule has 0 saturated carbocycles. The first kappa shape index (κ1) is 16.0. The second kappa shape index (κ2) is 8.91. The number of hydrogen-bond acceptors (Lipinski definition) is 3. The van der Waals surface area contributed by atoms with Crippen LogP contribution in [0.5, 0.6) is 0 Å². The highest BCUT2D eigenvalue weighted by Crippen LogP contribution is 2.11. The Balaban J connectivity index is 2.53. The van der Waals surface area contributed by atoms with Crippen molar-refractivity contribution in [1.82, 2.24) is 4.90 Å². The van der Waals surface area contributed by atoms with Crippen LogP contribution in [0, 0.1) is 0 Å². The largest absolute Gasteiger partial charge is 0.395 e. The number of carbonyl (C=O) groups excluding carboxylic acids is 1. The average Bonchev–Trinajstić information content (AvgIpc) is 2.40. The maximum Gasteiger partial charge on any atom is 0.227 e. The summed E-state index contributed by atoms with van der Waals surface area (Å²) in [6.45, 7) is 1.53. The molecule has 19 heavy (non-hydrogen) atoms. The van der Waals surface area contributed by atoms with E-state index in [2.05, 4.69) is 0 Å². The standard InChI is InChI=1S/C14H20ClNO3/c1-19-10-2-7-16(8-9-17)14(18)11-12-3-5-13(15)6-4-12/h3-6,17H,2,7-11H2,1H3. The molecular formula is C14H20ClNO3. The molecule has 4 nitrogen and oxygen atoms in total. The third-order valence-corrected chi connectivity index (χ3v) is 3.02. The fraction of sp³-hybridized carbons (Fsp3) is 0.500. The molecule has 106 valence electrons. The van der Waals surface area contributed by atoms with Gasteiger partial charge in [0.2, 0.25) is 5.91 Å². The zero-order valence-electron chi connectivity index (χ0n) is 11.1. The molecule has 0 aliphatic heterocycles. The number of nitrogens with zero attached hydrogens (tertiary/aromatic N) is 1. The van der Waals surface area contributed by atoms with E-state index < -0.39 is 0 Å². The number of rotatable bonds is 8. The molecule has 1 N–H and O–H groups in total. The van der Waals surface area contributed by atoms with E-state index in [9.17, 15) is 4.79 Å². The summed E-state index contributed by atoms with van der Waals surface area (Å²) >= 11 is 5.80. The van der Waals surface area contributed by atoms with Gasteiger partial charge in [-0.15, -0.1) is 0 Å². The molecule has 0 bridgehead atoms. The molecule has 1 rings (SSSR count). The second-order valence-electron chi connectivity index (χ2n) is 4.25. The quantitative estimate of drug-likeness (QED) is 0.740. The summed E-state index contributed by atoms with van der Waals surface area (Å²) in [7, 11) is 1.63. The van der Waals surface area contributed by atoms with Crippen molar-refractivity contribution in [2.45, 2.75) is 12.8 Å². The number of benzene rings is 1. The molecule has 0 unspecified atom stereocenters. The maximum atomic E-state index is 12.1. The fourth-order valence-electron chi connectivity index (χ4n) is 1.77. The van der Waals surface area contributed by atoms with E-state index in [-0.39, 0.29) is 12.5 Å². The first-order valence-electron chi connectivity index (χ1n) is 6.29. The monoisotopic (exact) mass is 285 g/mol. The van der Waals surface area contributed by atoms with E-state index in [4.69, 9.17) is 21.4 Å². The van der Waals surface area contributed by atoms with Gasteiger partial charge in [0, 0.05) is 31.8 Å². The minimum atomic E-state index is -0.0284. The van der Waals surface area contributed by atoms with E-state index in [1.165, 1.54) is 0 Å². The van der Waals surface area contributed by atoms with Crippen molar-refractivity contribution in [1.29, 1.82) is 0 Å². The number of halogens is 1. The molecule has 0 aromatic heterocycles. The Hall–Kier alpha value is -1.10. The zero-order valence-corrected chi connectivity index (χ0v) is 11.9. The lowest BCUT2D eigenvalue weighted by Crippen LogP contribution is -2.36. The van der Waals surface area contributed by atoms with E-state index >= 15 is 0 Å². The van der Waals surface area contributed by atoms with E-state index in [1.54, 1.807) is 24.1 Å². The van der Waals surface area contributed by atoms with Gasteiger partial charge in [-0.25, -0.2) is 0 Å². The van der Waals surface area contributed by atoms with Crippen molar-refractivity contribution in [3.8, 4) is 0 Å². The Kier molecular flexibility index (Phi) is 7.48. The number of ether oxygens (including phenoxy) is 1. The number of aliphatic hydroxyl groups is 1. The van der Waals surface area contributed by atoms with E-state index in [0.717, 1.165) is 12.0 Å². The molecule has 0 radical (unpaired) electrons. The summed E-state index contributed by atoms with van der Waals surface area (Å²) in [4.78, 5) is 13.8. The molecule has 0 aliphatic rings. The van der Waals surface area contributed by atoms with Crippen molar-refractivity contribution in [2.24, 2.45) is 0 Å². The highest BCUT2D eigenvalue weighted by molar-refractivity contribution is 6.30. The number of aliphatic hydroxyl groups excluding tert-OH is 1. The van der Waals surface area contributed by atoms with E-state index in [0.29, 0.717) is 31.1 Å². The molecule has 0 spiro atoms. The molecule has 1 aromatic carbocycles. The van der Waals surface area contributed by atoms with Crippen LogP contribution in [0.2, 0.25) is 5.02 Å². The summed E-state index contributed by atoms with van der Waals surface area (Å²) < 4.78 is 4.97. The Labute approximate surface area is 118 Å². The third-order valence-electron chi connectivity index (χ3n) is 2.77. The van der Waals surface area contributed by atoms with Crippen molar-refractivity contribution >= 4 is 17.5 Å². The van der Waals surface area contributed by atoms with Gasteiger partial charge in [-0.3, -0.25) is 4.79 Å². The van der Waals surface area contributed by atoms with Gasteiger partial charge in [-0.1, -0.05) is 23.7 Å². The van der Waals surface area contributed by atoms with Crippen LogP contribution in [0.1, 0.15) is 12.0 Å². The first-order chi connectivity index (χ1) is 9.17. The third kappa shape index (κ3) is 6.05. The molecule has 0 fully saturated rings. The van der Waals surface area contributed by atoms with Crippen molar-refractivity contribution < 1.29 is 14.6 Å². The Morgan fingerprint density at radius 1 is 1.32 bits per heavy atom. The van der Waals surface area contributed by atoms with Crippen molar-refractivity contribution in [3.05, 3.63) is 34.9 Å². The zero-order chi connectivity index (χ0) is 14.1. The topological polar surface area (TPSA) is 49.8 Å². The average molecular weight is 286 g/mol. The molecule has 1 amide bonds. The van der Waals surface area contributed by atoms with Gasteiger partial charge < -0.3 is 14.7 Å².